The molecular weight excluding hydrogens is 281 g/mol. The summed E-state index contributed by atoms with van der Waals surface area (Å²) in [7, 11) is 0.976. The van der Waals surface area contributed by atoms with Crippen LogP contribution in [0.1, 0.15) is 21.7 Å². The maximum absolute atomic E-state index is 2.23. The zero-order chi connectivity index (χ0) is 7.02. The van der Waals surface area contributed by atoms with Gasteiger partial charge in [-0.05, 0) is 49.4 Å². The van der Waals surface area contributed by atoms with Crippen molar-refractivity contribution < 1.29 is 58.9 Å². The van der Waals surface area contributed by atoms with Crippen LogP contribution in [0.25, 0.3) is 0 Å². The summed E-state index contributed by atoms with van der Waals surface area (Å²) in [6.07, 6.45) is 0. The molecule has 0 saturated heterocycles. The Labute approximate surface area is 116 Å². The Morgan fingerprint density at radius 2 is 0.923 bits per heavy atom. The SMILES string of the molecule is Cc1[pH]c(C)c(C)c1C.[Cl-].[Cl-].[Cl-].[Ti+3]. The monoisotopic (exact) mass is 293 g/mol. The topological polar surface area (TPSA) is 0 Å². The molecule has 1 radical (unpaired) electrons. The molecule has 0 aliphatic heterocycles. The first-order valence-electron chi connectivity index (χ1n) is 3.25. The van der Waals surface area contributed by atoms with E-state index in [-0.39, 0.29) is 58.9 Å². The molecule has 0 saturated carbocycles. The summed E-state index contributed by atoms with van der Waals surface area (Å²) in [5.74, 6) is 0. The normalized spacial score (nSPS) is 7.08. The van der Waals surface area contributed by atoms with Gasteiger partial charge in [-0.2, -0.15) is 0 Å². The van der Waals surface area contributed by atoms with Gasteiger partial charge in [0.15, 0.2) is 0 Å². The molecular formula is C8H13Cl3PTi. The molecule has 75 valence electrons. The van der Waals surface area contributed by atoms with Gasteiger partial charge < -0.3 is 37.2 Å². The van der Waals surface area contributed by atoms with E-state index in [0.717, 1.165) is 8.19 Å². The fraction of sp³-hybridized carbons (Fsp3) is 0.500. The van der Waals surface area contributed by atoms with E-state index in [9.17, 15) is 0 Å². The Morgan fingerprint density at radius 1 is 0.692 bits per heavy atom. The van der Waals surface area contributed by atoms with Crippen molar-refractivity contribution in [3.63, 3.8) is 0 Å². The molecule has 0 unspecified atom stereocenters. The molecule has 0 amide bonds. The first kappa shape index (κ1) is 23.9. The third-order valence-electron chi connectivity index (χ3n) is 2.06. The predicted octanol–water partition coefficient (Wildman–Crippen LogP) is -6.04. The van der Waals surface area contributed by atoms with E-state index in [4.69, 9.17) is 0 Å². The predicted molar refractivity (Wildman–Crippen MR) is 44.9 cm³/mol. The molecule has 0 atom stereocenters. The van der Waals surface area contributed by atoms with Crippen molar-refractivity contribution in [2.24, 2.45) is 0 Å². The zero-order valence-electron chi connectivity index (χ0n) is 8.13. The van der Waals surface area contributed by atoms with Gasteiger partial charge in [0.25, 0.3) is 0 Å². The Morgan fingerprint density at radius 3 is 1.00 bits per heavy atom. The van der Waals surface area contributed by atoms with Gasteiger partial charge >= 0.3 is 21.7 Å². The van der Waals surface area contributed by atoms with E-state index in [1.807, 2.05) is 0 Å². The van der Waals surface area contributed by atoms with E-state index in [0.29, 0.717) is 0 Å². The largest absolute Gasteiger partial charge is 3.00 e. The maximum atomic E-state index is 2.23. The fourth-order valence-electron chi connectivity index (χ4n) is 1.03. The molecule has 0 aromatic carbocycles. The minimum atomic E-state index is 0. The first-order valence-corrected chi connectivity index (χ1v) is 4.25. The summed E-state index contributed by atoms with van der Waals surface area (Å²) < 4.78 is 0. The number of aryl methyl sites for hydroxylation is 2. The van der Waals surface area contributed by atoms with Gasteiger partial charge in [-0.15, -0.1) is 8.19 Å². The van der Waals surface area contributed by atoms with Crippen LogP contribution in [0.5, 0.6) is 0 Å². The van der Waals surface area contributed by atoms with Gasteiger partial charge in [0.05, 0.1) is 0 Å². The maximum Gasteiger partial charge on any atom is 3.00 e. The van der Waals surface area contributed by atoms with Gasteiger partial charge in [0.1, 0.15) is 0 Å². The van der Waals surface area contributed by atoms with Crippen molar-refractivity contribution in [3.8, 4) is 0 Å². The summed E-state index contributed by atoms with van der Waals surface area (Å²) in [5.41, 5.74) is 3.04. The van der Waals surface area contributed by atoms with Crippen molar-refractivity contribution in [1.82, 2.24) is 0 Å². The van der Waals surface area contributed by atoms with Crippen LogP contribution in [0.15, 0.2) is 0 Å². The van der Waals surface area contributed by atoms with Gasteiger partial charge in [-0.1, -0.05) is 0 Å². The van der Waals surface area contributed by atoms with Crippen molar-refractivity contribution in [1.29, 1.82) is 0 Å². The van der Waals surface area contributed by atoms with Crippen molar-refractivity contribution in [3.05, 3.63) is 21.7 Å². The minimum absolute atomic E-state index is 0. The molecule has 5 heteroatoms. The second kappa shape index (κ2) is 9.90. The minimum Gasteiger partial charge on any atom is -1.00 e. The van der Waals surface area contributed by atoms with Crippen molar-refractivity contribution in [2.45, 2.75) is 27.7 Å². The Hall–Kier alpha value is 1.36. The van der Waals surface area contributed by atoms with Crippen LogP contribution in [0, 0.1) is 27.7 Å². The molecule has 0 N–H and O–H groups in total. The quantitative estimate of drug-likeness (QED) is 0.418. The second-order valence-electron chi connectivity index (χ2n) is 2.62. The van der Waals surface area contributed by atoms with E-state index < -0.39 is 0 Å². The van der Waals surface area contributed by atoms with Crippen LogP contribution in [-0.2, 0) is 21.7 Å². The van der Waals surface area contributed by atoms with Gasteiger partial charge in [0.2, 0.25) is 0 Å². The van der Waals surface area contributed by atoms with Crippen LogP contribution >= 0.6 is 8.19 Å². The van der Waals surface area contributed by atoms with Crippen LogP contribution in [0.2, 0.25) is 0 Å². The zero-order valence-corrected chi connectivity index (χ0v) is 13.0. The molecule has 1 aromatic heterocycles. The van der Waals surface area contributed by atoms with Gasteiger partial charge in [0, 0.05) is 0 Å². The molecule has 1 rings (SSSR count). The summed E-state index contributed by atoms with van der Waals surface area (Å²) in [6.45, 7) is 8.89. The Balaban J connectivity index is -0.000000101. The molecule has 0 nitrogen and oxygen atoms in total. The summed E-state index contributed by atoms with van der Waals surface area (Å²) in [6, 6.07) is 0. The Bertz CT molecular complexity index is 213. The molecule has 13 heavy (non-hydrogen) atoms. The number of hydrogen-bond donors (Lipinski definition) is 0. The van der Waals surface area contributed by atoms with Crippen molar-refractivity contribution >= 4 is 8.19 Å². The Kier molecular flexibility index (Phi) is 18.2. The average Bonchev–Trinajstić information content (AvgIpc) is 1.98. The van der Waals surface area contributed by atoms with E-state index in [1.54, 1.807) is 10.6 Å². The number of halogens is 3. The third kappa shape index (κ3) is 5.72. The van der Waals surface area contributed by atoms with Gasteiger partial charge in [-0.25, -0.2) is 0 Å². The third-order valence-corrected chi connectivity index (χ3v) is 3.56. The molecule has 1 aromatic rings. The molecule has 1 heterocycles. The molecule has 0 aliphatic rings. The first-order chi connectivity index (χ1) is 4.13. The molecule has 0 aliphatic carbocycles. The van der Waals surface area contributed by atoms with Crippen LogP contribution in [0.3, 0.4) is 0 Å². The van der Waals surface area contributed by atoms with Crippen LogP contribution in [-0.4, -0.2) is 0 Å². The van der Waals surface area contributed by atoms with Crippen LogP contribution < -0.4 is 37.2 Å². The van der Waals surface area contributed by atoms with Crippen molar-refractivity contribution in [2.75, 3.05) is 0 Å². The number of rotatable bonds is 0. The summed E-state index contributed by atoms with van der Waals surface area (Å²) >= 11 is 0. The molecule has 0 fully saturated rings. The molecule has 0 spiro atoms. The van der Waals surface area contributed by atoms with E-state index in [1.165, 1.54) is 11.1 Å². The fourth-order valence-corrected chi connectivity index (χ4v) is 2.34. The summed E-state index contributed by atoms with van der Waals surface area (Å²) in [5, 5.41) is 3.15. The van der Waals surface area contributed by atoms with E-state index >= 15 is 0 Å². The second-order valence-corrected chi connectivity index (χ2v) is 4.38. The standard InChI is InChI=1S/C8H13P.3ClH.Ti/c1-5-6(2)8(4)9-7(5)3;;;;/h9H,1-4H3;3*1H;/q;;;;+3/p-3. The number of hydrogen-bond acceptors (Lipinski definition) is 0. The smallest absolute Gasteiger partial charge is 1.00 e. The van der Waals surface area contributed by atoms with Gasteiger partial charge in [-0.3, -0.25) is 0 Å². The summed E-state index contributed by atoms with van der Waals surface area (Å²) in [4.78, 5) is 0. The molecule has 0 bridgehead atoms. The van der Waals surface area contributed by atoms with Crippen LogP contribution in [0.4, 0.5) is 0 Å². The average molecular weight is 294 g/mol. The van der Waals surface area contributed by atoms with E-state index in [2.05, 4.69) is 27.7 Å².